The van der Waals surface area contributed by atoms with Crippen LogP contribution in [0.15, 0.2) is 18.2 Å². The lowest BCUT2D eigenvalue weighted by Crippen LogP contribution is -2.28. The van der Waals surface area contributed by atoms with E-state index in [9.17, 15) is 9.18 Å². The molecule has 1 heterocycles. The molecule has 1 fully saturated rings. The molecule has 1 saturated heterocycles. The third kappa shape index (κ3) is 1.64. The van der Waals surface area contributed by atoms with Crippen molar-refractivity contribution in [3.8, 4) is 6.07 Å². The Labute approximate surface area is 92.1 Å². The van der Waals surface area contributed by atoms with Gasteiger partial charge in [0.05, 0.1) is 11.3 Å². The Morgan fingerprint density at radius 2 is 2.31 bits per heavy atom. The number of nitriles is 1. The van der Waals surface area contributed by atoms with E-state index in [1.54, 1.807) is 12.1 Å². The molecule has 1 atom stereocenters. The minimum atomic E-state index is -0.660. The summed E-state index contributed by atoms with van der Waals surface area (Å²) in [6.45, 7) is 0.296. The number of hydrogen-bond acceptors (Lipinski definition) is 3. The second-order valence-corrected chi connectivity index (χ2v) is 3.72. The summed E-state index contributed by atoms with van der Waals surface area (Å²) in [5, 5.41) is 8.69. The van der Waals surface area contributed by atoms with Gasteiger partial charge in [0.15, 0.2) is 5.82 Å². The molecule has 0 bridgehead atoms. The van der Waals surface area contributed by atoms with E-state index in [1.807, 2.05) is 0 Å². The fraction of sp³-hybridized carbons (Fsp3) is 0.273. The molecule has 0 aromatic heterocycles. The molecule has 1 unspecified atom stereocenters. The van der Waals surface area contributed by atoms with Crippen LogP contribution < -0.4 is 10.6 Å². The topological polar surface area (TPSA) is 70.1 Å². The summed E-state index contributed by atoms with van der Waals surface area (Å²) in [5.41, 5.74) is 5.70. The lowest BCUT2D eigenvalue weighted by atomic mass is 10.2. The summed E-state index contributed by atoms with van der Waals surface area (Å²) >= 11 is 0. The quantitative estimate of drug-likeness (QED) is 0.758. The van der Waals surface area contributed by atoms with Crippen molar-refractivity contribution in [3.05, 3.63) is 29.6 Å². The van der Waals surface area contributed by atoms with E-state index in [1.165, 1.54) is 17.0 Å². The summed E-state index contributed by atoms with van der Waals surface area (Å²) in [5.74, 6) is -0.867. The van der Waals surface area contributed by atoms with Crippen LogP contribution in [0.4, 0.5) is 10.1 Å². The lowest BCUT2D eigenvalue weighted by Gasteiger charge is -2.17. The Kier molecular flexibility index (Phi) is 2.59. The van der Waals surface area contributed by atoms with Gasteiger partial charge in [-0.1, -0.05) is 6.07 Å². The molecule has 1 aliphatic heterocycles. The van der Waals surface area contributed by atoms with Gasteiger partial charge in [0.25, 0.3) is 0 Å². The standard InChI is InChI=1S/C11H10FN3O/c12-11-7(5-13)2-1-3-9(11)15-6-8(14)4-10(15)16/h1-3,8H,4,6,14H2. The molecule has 5 heteroatoms. The summed E-state index contributed by atoms with van der Waals surface area (Å²) in [4.78, 5) is 12.8. The van der Waals surface area contributed by atoms with Gasteiger partial charge < -0.3 is 10.6 Å². The summed E-state index contributed by atoms with van der Waals surface area (Å²) in [6.07, 6.45) is 0.218. The van der Waals surface area contributed by atoms with Gasteiger partial charge in [-0.05, 0) is 12.1 Å². The second kappa shape index (κ2) is 3.91. The molecule has 1 aromatic carbocycles. The molecule has 0 aliphatic carbocycles. The molecule has 1 aliphatic rings. The number of benzene rings is 1. The smallest absolute Gasteiger partial charge is 0.228 e. The highest BCUT2D eigenvalue weighted by molar-refractivity contribution is 5.96. The van der Waals surface area contributed by atoms with E-state index >= 15 is 0 Å². The van der Waals surface area contributed by atoms with Crippen LogP contribution in [0, 0.1) is 17.1 Å². The second-order valence-electron chi connectivity index (χ2n) is 3.72. The van der Waals surface area contributed by atoms with Crippen LogP contribution in [0.3, 0.4) is 0 Å². The fourth-order valence-corrected chi connectivity index (χ4v) is 1.78. The third-order valence-corrected chi connectivity index (χ3v) is 2.54. The normalized spacial score (nSPS) is 19.9. The van der Waals surface area contributed by atoms with Crippen LogP contribution in [-0.2, 0) is 4.79 Å². The molecule has 0 spiro atoms. The zero-order valence-electron chi connectivity index (χ0n) is 8.48. The van der Waals surface area contributed by atoms with E-state index in [2.05, 4.69) is 0 Å². The van der Waals surface area contributed by atoms with Crippen molar-refractivity contribution in [3.63, 3.8) is 0 Å². The molecular formula is C11H10FN3O. The van der Waals surface area contributed by atoms with Crippen LogP contribution in [0.25, 0.3) is 0 Å². The predicted octanol–water partition coefficient (Wildman–Crippen LogP) is 0.761. The minimum absolute atomic E-state index is 0.0641. The van der Waals surface area contributed by atoms with Crippen LogP contribution in [0.1, 0.15) is 12.0 Å². The minimum Gasteiger partial charge on any atom is -0.326 e. The molecule has 82 valence electrons. The Bertz CT molecular complexity index is 481. The molecule has 1 aromatic rings. The first kappa shape index (κ1) is 10.6. The van der Waals surface area contributed by atoms with Crippen molar-refractivity contribution in [1.82, 2.24) is 0 Å². The average Bonchev–Trinajstić information content (AvgIpc) is 2.58. The Balaban J connectivity index is 2.42. The maximum Gasteiger partial charge on any atom is 0.228 e. The number of carbonyl (C=O) groups is 1. The van der Waals surface area contributed by atoms with Gasteiger partial charge in [-0.2, -0.15) is 5.26 Å². The van der Waals surface area contributed by atoms with Gasteiger partial charge in [-0.3, -0.25) is 4.79 Å². The van der Waals surface area contributed by atoms with Gasteiger partial charge in [0.2, 0.25) is 5.91 Å². The number of halogens is 1. The first-order chi connectivity index (χ1) is 7.63. The molecular weight excluding hydrogens is 209 g/mol. The Morgan fingerprint density at radius 3 is 2.88 bits per heavy atom. The van der Waals surface area contributed by atoms with Crippen molar-refractivity contribution in [1.29, 1.82) is 5.26 Å². The van der Waals surface area contributed by atoms with Crippen LogP contribution in [-0.4, -0.2) is 18.5 Å². The molecule has 2 rings (SSSR count). The third-order valence-electron chi connectivity index (χ3n) is 2.54. The molecule has 4 nitrogen and oxygen atoms in total. The molecule has 2 N–H and O–H groups in total. The molecule has 0 saturated carbocycles. The highest BCUT2D eigenvalue weighted by Crippen LogP contribution is 2.25. The summed E-state index contributed by atoms with van der Waals surface area (Å²) in [6, 6.07) is 5.88. The van der Waals surface area contributed by atoms with Crippen molar-refractivity contribution in [2.75, 3.05) is 11.4 Å². The van der Waals surface area contributed by atoms with E-state index in [0.29, 0.717) is 6.54 Å². The maximum atomic E-state index is 13.8. The highest BCUT2D eigenvalue weighted by atomic mass is 19.1. The number of anilines is 1. The Morgan fingerprint density at radius 1 is 1.56 bits per heavy atom. The van der Waals surface area contributed by atoms with E-state index in [0.717, 1.165) is 0 Å². The largest absolute Gasteiger partial charge is 0.326 e. The fourth-order valence-electron chi connectivity index (χ4n) is 1.78. The monoisotopic (exact) mass is 219 g/mol. The van der Waals surface area contributed by atoms with Gasteiger partial charge in [0, 0.05) is 19.0 Å². The number of rotatable bonds is 1. The SMILES string of the molecule is N#Cc1cccc(N2CC(N)CC2=O)c1F. The number of nitrogens with zero attached hydrogens (tertiary/aromatic N) is 2. The van der Waals surface area contributed by atoms with Gasteiger partial charge in [0.1, 0.15) is 6.07 Å². The zero-order valence-corrected chi connectivity index (χ0v) is 8.48. The predicted molar refractivity (Wildman–Crippen MR) is 56.1 cm³/mol. The van der Waals surface area contributed by atoms with E-state index in [-0.39, 0.29) is 29.6 Å². The van der Waals surface area contributed by atoms with Gasteiger partial charge >= 0.3 is 0 Å². The van der Waals surface area contributed by atoms with Gasteiger partial charge in [-0.25, -0.2) is 4.39 Å². The molecule has 16 heavy (non-hydrogen) atoms. The highest BCUT2D eigenvalue weighted by Gasteiger charge is 2.30. The van der Waals surface area contributed by atoms with E-state index in [4.69, 9.17) is 11.0 Å². The van der Waals surface area contributed by atoms with Gasteiger partial charge in [-0.15, -0.1) is 0 Å². The number of hydrogen-bond donors (Lipinski definition) is 1. The first-order valence-electron chi connectivity index (χ1n) is 4.88. The average molecular weight is 219 g/mol. The lowest BCUT2D eigenvalue weighted by molar-refractivity contribution is -0.117. The number of nitrogens with two attached hydrogens (primary N) is 1. The summed E-state index contributed by atoms with van der Waals surface area (Å²) in [7, 11) is 0. The molecule has 0 radical (unpaired) electrons. The van der Waals surface area contributed by atoms with Crippen molar-refractivity contribution in [2.24, 2.45) is 5.73 Å². The van der Waals surface area contributed by atoms with Crippen molar-refractivity contribution < 1.29 is 9.18 Å². The van der Waals surface area contributed by atoms with Crippen LogP contribution in [0.2, 0.25) is 0 Å². The van der Waals surface area contributed by atoms with Crippen LogP contribution in [0.5, 0.6) is 0 Å². The maximum absolute atomic E-state index is 13.8. The first-order valence-corrected chi connectivity index (χ1v) is 4.88. The Hall–Kier alpha value is -1.93. The molecule has 1 amide bonds. The van der Waals surface area contributed by atoms with E-state index < -0.39 is 5.82 Å². The van der Waals surface area contributed by atoms with Crippen LogP contribution >= 0.6 is 0 Å². The van der Waals surface area contributed by atoms with Crippen molar-refractivity contribution in [2.45, 2.75) is 12.5 Å². The zero-order chi connectivity index (χ0) is 11.7. The number of carbonyl (C=O) groups excluding carboxylic acids is 1. The van der Waals surface area contributed by atoms with Crippen molar-refractivity contribution >= 4 is 11.6 Å². The number of amides is 1. The summed E-state index contributed by atoms with van der Waals surface area (Å²) < 4.78 is 13.8.